The molecule has 2 aromatic carbocycles. The predicted octanol–water partition coefficient (Wildman–Crippen LogP) is 3.54. The average Bonchev–Trinajstić information content (AvgIpc) is 3.12. The Kier molecular flexibility index (Phi) is 5.09. The molecule has 0 saturated heterocycles. The molecule has 0 radical (unpaired) electrons. The number of nitrogens with one attached hydrogen (secondary N) is 1. The number of H-pyrrole nitrogens is 1. The SMILES string of the molecule is CCOC(=O)c1n[nH]nc1-c1ccc(C)c(OCc2ccccc2)c1. The summed E-state index contributed by atoms with van der Waals surface area (Å²) >= 11 is 0. The molecular formula is C19H19N3O3. The number of hydrogen-bond donors (Lipinski definition) is 1. The lowest BCUT2D eigenvalue weighted by atomic mass is 10.1. The maximum atomic E-state index is 12.0. The van der Waals surface area contributed by atoms with Crippen LogP contribution in [0, 0.1) is 6.92 Å². The van der Waals surface area contributed by atoms with Crippen molar-refractivity contribution in [1.82, 2.24) is 15.4 Å². The van der Waals surface area contributed by atoms with E-state index < -0.39 is 5.97 Å². The summed E-state index contributed by atoms with van der Waals surface area (Å²) in [6.45, 7) is 4.47. The average molecular weight is 337 g/mol. The van der Waals surface area contributed by atoms with Crippen LogP contribution >= 0.6 is 0 Å². The zero-order valence-electron chi connectivity index (χ0n) is 14.2. The van der Waals surface area contributed by atoms with Gasteiger partial charge in [-0.05, 0) is 31.0 Å². The second-order valence-corrected chi connectivity index (χ2v) is 5.50. The molecule has 0 fully saturated rings. The van der Waals surface area contributed by atoms with E-state index in [1.807, 2.05) is 55.5 Å². The molecule has 1 heterocycles. The van der Waals surface area contributed by atoms with E-state index in [0.717, 1.165) is 22.4 Å². The highest BCUT2D eigenvalue weighted by molar-refractivity contribution is 5.94. The smallest absolute Gasteiger partial charge is 0.361 e. The first-order chi connectivity index (χ1) is 12.2. The summed E-state index contributed by atoms with van der Waals surface area (Å²) < 4.78 is 10.9. The number of aromatic amines is 1. The maximum Gasteiger partial charge on any atom is 0.361 e. The molecular weight excluding hydrogens is 318 g/mol. The lowest BCUT2D eigenvalue weighted by molar-refractivity contribution is 0.0520. The highest BCUT2D eigenvalue weighted by Gasteiger charge is 2.19. The van der Waals surface area contributed by atoms with E-state index in [9.17, 15) is 4.79 Å². The summed E-state index contributed by atoms with van der Waals surface area (Å²) in [5, 5.41) is 10.5. The summed E-state index contributed by atoms with van der Waals surface area (Å²) in [7, 11) is 0. The fraction of sp³-hybridized carbons (Fsp3) is 0.211. The minimum absolute atomic E-state index is 0.166. The van der Waals surface area contributed by atoms with Crippen molar-refractivity contribution in [3.63, 3.8) is 0 Å². The van der Waals surface area contributed by atoms with E-state index in [1.54, 1.807) is 6.92 Å². The van der Waals surface area contributed by atoms with Gasteiger partial charge in [-0.2, -0.15) is 10.3 Å². The number of ether oxygens (including phenoxy) is 2. The van der Waals surface area contributed by atoms with Gasteiger partial charge < -0.3 is 9.47 Å². The molecule has 3 rings (SSSR count). The molecule has 25 heavy (non-hydrogen) atoms. The third kappa shape index (κ3) is 3.85. The quantitative estimate of drug-likeness (QED) is 0.696. The van der Waals surface area contributed by atoms with Crippen LogP contribution in [0.1, 0.15) is 28.5 Å². The Morgan fingerprint density at radius 2 is 1.92 bits per heavy atom. The summed E-state index contributed by atoms with van der Waals surface area (Å²) in [6, 6.07) is 15.6. The first-order valence-corrected chi connectivity index (χ1v) is 8.04. The third-order valence-corrected chi connectivity index (χ3v) is 3.72. The number of benzene rings is 2. The fourth-order valence-corrected chi connectivity index (χ4v) is 2.41. The highest BCUT2D eigenvalue weighted by atomic mass is 16.5. The van der Waals surface area contributed by atoms with E-state index in [2.05, 4.69) is 15.4 Å². The summed E-state index contributed by atoms with van der Waals surface area (Å²) in [6.07, 6.45) is 0. The number of hydrogen-bond acceptors (Lipinski definition) is 5. The second-order valence-electron chi connectivity index (χ2n) is 5.50. The lowest BCUT2D eigenvalue weighted by Crippen LogP contribution is -2.07. The molecule has 6 heteroatoms. The third-order valence-electron chi connectivity index (χ3n) is 3.72. The van der Waals surface area contributed by atoms with Crippen LogP contribution in [0.5, 0.6) is 5.75 Å². The monoisotopic (exact) mass is 337 g/mol. The van der Waals surface area contributed by atoms with Gasteiger partial charge in [-0.15, -0.1) is 5.10 Å². The molecule has 0 amide bonds. The van der Waals surface area contributed by atoms with Gasteiger partial charge >= 0.3 is 5.97 Å². The van der Waals surface area contributed by atoms with Gasteiger partial charge in [0.2, 0.25) is 0 Å². The number of carbonyl (C=O) groups is 1. The standard InChI is InChI=1S/C19H19N3O3/c1-3-24-19(23)18-17(20-22-21-18)15-10-9-13(2)16(11-15)25-12-14-7-5-4-6-8-14/h4-11H,3,12H2,1-2H3,(H,20,21,22). The number of rotatable bonds is 6. The van der Waals surface area contributed by atoms with Gasteiger partial charge in [-0.1, -0.05) is 42.5 Å². The minimum Gasteiger partial charge on any atom is -0.489 e. The first kappa shape index (κ1) is 16.7. The van der Waals surface area contributed by atoms with E-state index in [4.69, 9.17) is 9.47 Å². The van der Waals surface area contributed by atoms with Crippen molar-refractivity contribution in [2.45, 2.75) is 20.5 Å². The summed E-state index contributed by atoms with van der Waals surface area (Å²) in [5.41, 5.74) is 3.44. The van der Waals surface area contributed by atoms with Crippen LogP contribution in [0.3, 0.4) is 0 Å². The normalized spacial score (nSPS) is 10.5. The van der Waals surface area contributed by atoms with Gasteiger partial charge in [0.05, 0.1) is 6.61 Å². The van der Waals surface area contributed by atoms with Crippen molar-refractivity contribution < 1.29 is 14.3 Å². The number of esters is 1. The molecule has 128 valence electrons. The Hall–Kier alpha value is -3.15. The lowest BCUT2D eigenvalue weighted by Gasteiger charge is -2.11. The van der Waals surface area contributed by atoms with Crippen LogP contribution in [-0.4, -0.2) is 28.0 Å². The van der Waals surface area contributed by atoms with E-state index in [-0.39, 0.29) is 12.3 Å². The predicted molar refractivity (Wildman–Crippen MR) is 93.3 cm³/mol. The largest absolute Gasteiger partial charge is 0.489 e. The van der Waals surface area contributed by atoms with Gasteiger partial charge in [0.25, 0.3) is 0 Å². The van der Waals surface area contributed by atoms with Crippen molar-refractivity contribution in [2.24, 2.45) is 0 Å². The molecule has 0 spiro atoms. The van der Waals surface area contributed by atoms with Gasteiger partial charge in [0.1, 0.15) is 18.1 Å². The molecule has 0 bridgehead atoms. The van der Waals surface area contributed by atoms with Crippen LogP contribution in [0.25, 0.3) is 11.3 Å². The molecule has 0 aliphatic heterocycles. The van der Waals surface area contributed by atoms with Crippen LogP contribution in [-0.2, 0) is 11.3 Å². The molecule has 0 aliphatic rings. The molecule has 0 saturated carbocycles. The van der Waals surface area contributed by atoms with Crippen molar-refractivity contribution in [1.29, 1.82) is 0 Å². The Labute approximate surface area is 145 Å². The zero-order valence-corrected chi connectivity index (χ0v) is 14.2. The Bertz CT molecular complexity index is 859. The maximum absolute atomic E-state index is 12.0. The Morgan fingerprint density at radius 1 is 1.12 bits per heavy atom. The van der Waals surface area contributed by atoms with Gasteiger partial charge in [-0.3, -0.25) is 0 Å². The van der Waals surface area contributed by atoms with Gasteiger partial charge in [-0.25, -0.2) is 4.79 Å². The molecule has 1 N–H and O–H groups in total. The van der Waals surface area contributed by atoms with Gasteiger partial charge in [0.15, 0.2) is 5.69 Å². The van der Waals surface area contributed by atoms with E-state index >= 15 is 0 Å². The molecule has 1 aromatic heterocycles. The van der Waals surface area contributed by atoms with Crippen molar-refractivity contribution in [3.8, 4) is 17.0 Å². The topological polar surface area (TPSA) is 77.1 Å². The van der Waals surface area contributed by atoms with Crippen LogP contribution in [0.2, 0.25) is 0 Å². The Morgan fingerprint density at radius 3 is 2.68 bits per heavy atom. The molecule has 0 unspecified atom stereocenters. The van der Waals surface area contributed by atoms with Crippen molar-refractivity contribution in [2.75, 3.05) is 6.61 Å². The van der Waals surface area contributed by atoms with Crippen LogP contribution < -0.4 is 4.74 Å². The van der Waals surface area contributed by atoms with Crippen LogP contribution in [0.4, 0.5) is 0 Å². The molecule has 6 nitrogen and oxygen atoms in total. The minimum atomic E-state index is -0.501. The molecule has 0 aliphatic carbocycles. The summed E-state index contributed by atoms with van der Waals surface area (Å²) in [4.78, 5) is 12.0. The van der Waals surface area contributed by atoms with E-state index in [0.29, 0.717) is 12.3 Å². The van der Waals surface area contributed by atoms with E-state index in [1.165, 1.54) is 0 Å². The number of aromatic nitrogens is 3. The van der Waals surface area contributed by atoms with Crippen LogP contribution in [0.15, 0.2) is 48.5 Å². The highest BCUT2D eigenvalue weighted by Crippen LogP contribution is 2.28. The Balaban J connectivity index is 1.85. The zero-order chi connectivity index (χ0) is 17.6. The molecule has 3 aromatic rings. The summed E-state index contributed by atoms with van der Waals surface area (Å²) in [5.74, 6) is 0.234. The molecule has 0 atom stereocenters. The first-order valence-electron chi connectivity index (χ1n) is 8.04. The second kappa shape index (κ2) is 7.61. The number of aryl methyl sites for hydroxylation is 1. The van der Waals surface area contributed by atoms with Crippen molar-refractivity contribution in [3.05, 3.63) is 65.4 Å². The number of nitrogens with zero attached hydrogens (tertiary/aromatic N) is 2. The van der Waals surface area contributed by atoms with Crippen molar-refractivity contribution >= 4 is 5.97 Å². The van der Waals surface area contributed by atoms with Gasteiger partial charge in [0, 0.05) is 5.56 Å². The number of carbonyl (C=O) groups excluding carboxylic acids is 1. The fourth-order valence-electron chi connectivity index (χ4n) is 2.41.